The monoisotopic (exact) mass is 329 g/mol. The summed E-state index contributed by atoms with van der Waals surface area (Å²) in [6.07, 6.45) is 4.40. The van der Waals surface area contributed by atoms with E-state index in [1.807, 2.05) is 13.0 Å². The maximum absolute atomic E-state index is 11.9. The van der Waals surface area contributed by atoms with Crippen molar-refractivity contribution in [1.29, 1.82) is 0 Å². The minimum Gasteiger partial charge on any atom is -0.423 e. The van der Waals surface area contributed by atoms with Crippen molar-refractivity contribution in [3.05, 3.63) is 45.3 Å². The molecule has 1 unspecified atom stereocenters. The smallest absolute Gasteiger partial charge is 0.336 e. The summed E-state index contributed by atoms with van der Waals surface area (Å²) in [6, 6.07) is 5.75. The molecular weight excluding hydrogens is 302 g/mol. The minimum atomic E-state index is -0.269. The number of piperidine rings is 1. The van der Waals surface area contributed by atoms with Crippen LogP contribution in [0.5, 0.6) is 0 Å². The Labute approximate surface area is 143 Å². The topological polar surface area (TPSA) is 53.7 Å². The normalized spacial score (nSPS) is 19.0. The first-order valence-electron chi connectivity index (χ1n) is 8.94. The van der Waals surface area contributed by atoms with Gasteiger partial charge in [0.25, 0.3) is 0 Å². The summed E-state index contributed by atoms with van der Waals surface area (Å²) in [7, 11) is 0. The molecule has 1 atom stereocenters. The highest BCUT2D eigenvalue weighted by Crippen LogP contribution is 2.26. The number of aliphatic hydroxyl groups excluding tert-OH is 1. The van der Waals surface area contributed by atoms with E-state index < -0.39 is 0 Å². The Balaban J connectivity index is 1.84. The van der Waals surface area contributed by atoms with Gasteiger partial charge in [0, 0.05) is 31.1 Å². The Morgan fingerprint density at radius 1 is 1.25 bits per heavy atom. The zero-order valence-corrected chi connectivity index (χ0v) is 14.7. The van der Waals surface area contributed by atoms with Crippen LogP contribution in [0.25, 0.3) is 11.0 Å². The first kappa shape index (κ1) is 17.2. The number of aryl methyl sites for hydroxylation is 2. The van der Waals surface area contributed by atoms with Gasteiger partial charge in [-0.25, -0.2) is 4.79 Å². The number of rotatable bonds is 5. The molecule has 0 aliphatic carbocycles. The van der Waals surface area contributed by atoms with Crippen molar-refractivity contribution in [2.45, 2.75) is 46.1 Å². The quantitative estimate of drug-likeness (QED) is 0.854. The van der Waals surface area contributed by atoms with Gasteiger partial charge < -0.3 is 9.52 Å². The van der Waals surface area contributed by atoms with Gasteiger partial charge in [-0.1, -0.05) is 0 Å². The second kappa shape index (κ2) is 7.49. The lowest BCUT2D eigenvalue weighted by Gasteiger charge is -2.33. The molecule has 0 saturated carbocycles. The molecular formula is C20H27NO3. The molecule has 1 aliphatic heterocycles. The van der Waals surface area contributed by atoms with Crippen LogP contribution in [0.2, 0.25) is 0 Å². The Kier molecular flexibility index (Phi) is 5.36. The molecule has 4 nitrogen and oxygen atoms in total. The molecule has 0 spiro atoms. The predicted molar refractivity (Wildman–Crippen MR) is 96.3 cm³/mol. The largest absolute Gasteiger partial charge is 0.423 e. The second-order valence-electron chi connectivity index (χ2n) is 7.13. The van der Waals surface area contributed by atoms with Crippen molar-refractivity contribution >= 4 is 11.0 Å². The van der Waals surface area contributed by atoms with E-state index >= 15 is 0 Å². The maximum atomic E-state index is 11.9. The standard InChI is InChI=1S/C20H27NO3/c1-14-9-18-17(11-20(23)24-19(18)10-15(14)2)13-21-7-3-5-16(12-21)6-4-8-22/h9-11,16,22H,3-8,12-13H2,1-2H3. The fourth-order valence-electron chi connectivity index (χ4n) is 3.77. The predicted octanol–water partition coefficient (Wildman–Crippen LogP) is 3.39. The Hall–Kier alpha value is -1.65. The van der Waals surface area contributed by atoms with Gasteiger partial charge in [-0.05, 0) is 80.8 Å². The summed E-state index contributed by atoms with van der Waals surface area (Å²) in [5.41, 5.74) is 3.85. The summed E-state index contributed by atoms with van der Waals surface area (Å²) >= 11 is 0. The molecule has 1 saturated heterocycles. The fourth-order valence-corrected chi connectivity index (χ4v) is 3.77. The van der Waals surface area contributed by atoms with Gasteiger partial charge in [0.2, 0.25) is 0 Å². The van der Waals surface area contributed by atoms with E-state index in [0.29, 0.717) is 11.5 Å². The van der Waals surface area contributed by atoms with E-state index in [-0.39, 0.29) is 12.2 Å². The lowest BCUT2D eigenvalue weighted by molar-refractivity contribution is 0.153. The van der Waals surface area contributed by atoms with E-state index in [4.69, 9.17) is 9.52 Å². The van der Waals surface area contributed by atoms with Crippen molar-refractivity contribution in [2.75, 3.05) is 19.7 Å². The van der Waals surface area contributed by atoms with Gasteiger partial charge in [0.1, 0.15) is 5.58 Å². The van der Waals surface area contributed by atoms with Crippen molar-refractivity contribution < 1.29 is 9.52 Å². The molecule has 2 heterocycles. The Bertz CT molecular complexity index is 765. The number of benzene rings is 1. The molecule has 1 aromatic heterocycles. The van der Waals surface area contributed by atoms with Crippen molar-refractivity contribution in [1.82, 2.24) is 4.90 Å². The number of fused-ring (bicyclic) bond motifs is 1. The molecule has 4 heteroatoms. The summed E-state index contributed by atoms with van der Waals surface area (Å²) in [4.78, 5) is 14.4. The number of aliphatic hydroxyl groups is 1. The number of nitrogens with zero attached hydrogens (tertiary/aromatic N) is 1. The summed E-state index contributed by atoms with van der Waals surface area (Å²) in [5.74, 6) is 0.654. The van der Waals surface area contributed by atoms with Gasteiger partial charge in [-0.15, -0.1) is 0 Å². The SMILES string of the molecule is Cc1cc2oc(=O)cc(CN3CCCC(CCCO)C3)c2cc1C. The second-order valence-corrected chi connectivity index (χ2v) is 7.13. The molecule has 130 valence electrons. The lowest BCUT2D eigenvalue weighted by atomic mass is 9.93. The third kappa shape index (κ3) is 3.87. The first-order valence-corrected chi connectivity index (χ1v) is 8.94. The van der Waals surface area contributed by atoms with Crippen LogP contribution in [-0.4, -0.2) is 29.7 Å². The van der Waals surface area contributed by atoms with Gasteiger partial charge in [-0.2, -0.15) is 0 Å². The van der Waals surface area contributed by atoms with Crippen molar-refractivity contribution in [2.24, 2.45) is 5.92 Å². The molecule has 0 radical (unpaired) electrons. The van der Waals surface area contributed by atoms with Crippen molar-refractivity contribution in [3.8, 4) is 0 Å². The van der Waals surface area contributed by atoms with Crippen LogP contribution < -0.4 is 5.63 Å². The minimum absolute atomic E-state index is 0.269. The molecule has 1 N–H and O–H groups in total. The van der Waals surface area contributed by atoms with Crippen LogP contribution in [0.1, 0.15) is 42.4 Å². The summed E-state index contributed by atoms with van der Waals surface area (Å²) in [5, 5.41) is 10.1. The van der Waals surface area contributed by atoms with Crippen molar-refractivity contribution in [3.63, 3.8) is 0 Å². The zero-order valence-electron chi connectivity index (χ0n) is 14.7. The third-order valence-corrected chi connectivity index (χ3v) is 5.21. The third-order valence-electron chi connectivity index (χ3n) is 5.21. The Morgan fingerprint density at radius 2 is 2.04 bits per heavy atom. The molecule has 24 heavy (non-hydrogen) atoms. The average Bonchev–Trinajstić information content (AvgIpc) is 2.55. The molecule has 3 rings (SSSR count). The molecule has 1 aliphatic rings. The summed E-state index contributed by atoms with van der Waals surface area (Å²) < 4.78 is 5.40. The number of hydrogen-bond donors (Lipinski definition) is 1. The van der Waals surface area contributed by atoms with E-state index in [1.54, 1.807) is 6.07 Å². The van der Waals surface area contributed by atoms with Crippen LogP contribution in [0, 0.1) is 19.8 Å². The molecule has 0 amide bonds. The Morgan fingerprint density at radius 3 is 2.83 bits per heavy atom. The van der Waals surface area contributed by atoms with E-state index in [2.05, 4.69) is 17.9 Å². The highest BCUT2D eigenvalue weighted by Gasteiger charge is 2.20. The number of likely N-dealkylation sites (tertiary alicyclic amines) is 1. The average molecular weight is 329 g/mol. The van der Waals surface area contributed by atoms with Gasteiger partial charge in [-0.3, -0.25) is 4.90 Å². The maximum Gasteiger partial charge on any atom is 0.336 e. The number of hydrogen-bond acceptors (Lipinski definition) is 4. The van der Waals surface area contributed by atoms with E-state index in [1.165, 1.54) is 18.4 Å². The highest BCUT2D eigenvalue weighted by atomic mass is 16.4. The molecule has 1 aromatic carbocycles. The summed E-state index contributed by atoms with van der Waals surface area (Å²) in [6.45, 7) is 7.32. The van der Waals surface area contributed by atoms with E-state index in [9.17, 15) is 4.79 Å². The van der Waals surface area contributed by atoms with Gasteiger partial charge in [0.15, 0.2) is 0 Å². The van der Waals surface area contributed by atoms with E-state index in [0.717, 1.165) is 49.0 Å². The molecule has 0 bridgehead atoms. The molecule has 2 aromatic rings. The van der Waals surface area contributed by atoms with Gasteiger partial charge >= 0.3 is 5.63 Å². The highest BCUT2D eigenvalue weighted by molar-refractivity contribution is 5.81. The van der Waals surface area contributed by atoms with Crippen LogP contribution in [0.15, 0.2) is 27.4 Å². The fraction of sp³-hybridized carbons (Fsp3) is 0.550. The van der Waals surface area contributed by atoms with Gasteiger partial charge in [0.05, 0.1) is 0 Å². The van der Waals surface area contributed by atoms with Crippen LogP contribution in [0.4, 0.5) is 0 Å². The first-order chi connectivity index (χ1) is 11.6. The lowest BCUT2D eigenvalue weighted by Crippen LogP contribution is -2.35. The zero-order chi connectivity index (χ0) is 17.1. The molecule has 1 fully saturated rings. The van der Waals surface area contributed by atoms with Crippen LogP contribution in [-0.2, 0) is 6.54 Å². The van der Waals surface area contributed by atoms with Crippen LogP contribution >= 0.6 is 0 Å². The van der Waals surface area contributed by atoms with Crippen LogP contribution in [0.3, 0.4) is 0 Å².